The fourth-order valence-electron chi connectivity index (χ4n) is 5.27. The molecule has 0 spiro atoms. The molecule has 2 aromatic rings. The van der Waals surface area contributed by atoms with Crippen molar-refractivity contribution in [3.63, 3.8) is 0 Å². The number of nitrogens with one attached hydrogen (secondary N) is 3. The van der Waals surface area contributed by atoms with Gasteiger partial charge >= 0.3 is 6.03 Å². The Morgan fingerprint density at radius 3 is 2.30 bits per heavy atom. The highest BCUT2D eigenvalue weighted by Gasteiger charge is 2.51. The van der Waals surface area contributed by atoms with E-state index in [0.717, 1.165) is 42.4 Å². The largest absolute Gasteiger partial charge is 0.382 e. The van der Waals surface area contributed by atoms with E-state index in [1.807, 2.05) is 58.0 Å². The Morgan fingerprint density at radius 2 is 1.82 bits per heavy atom. The van der Waals surface area contributed by atoms with Crippen LogP contribution in [0, 0.1) is 5.92 Å². The molecule has 1 aromatic carbocycles. The average Bonchev–Trinajstić information content (AvgIpc) is 3.35. The maximum atomic E-state index is 13.4. The van der Waals surface area contributed by atoms with E-state index < -0.39 is 15.6 Å². The van der Waals surface area contributed by atoms with Gasteiger partial charge in [0, 0.05) is 19.1 Å². The number of carbonyl (C=O) groups is 3. The normalized spacial score (nSPS) is 18.1. The smallest absolute Gasteiger partial charge is 0.319 e. The van der Waals surface area contributed by atoms with Crippen LogP contribution in [0.15, 0.2) is 30.3 Å². The highest BCUT2D eigenvalue weighted by Crippen LogP contribution is 2.60. The summed E-state index contributed by atoms with van der Waals surface area (Å²) in [5, 5.41) is 13.8. The number of amides is 3. The van der Waals surface area contributed by atoms with Gasteiger partial charge in [0.2, 0.25) is 5.91 Å². The van der Waals surface area contributed by atoms with Crippen molar-refractivity contribution < 1.29 is 19.1 Å². The second kappa shape index (κ2) is 12.8. The van der Waals surface area contributed by atoms with Gasteiger partial charge in [0.25, 0.3) is 0 Å². The van der Waals surface area contributed by atoms with Crippen LogP contribution in [-0.2, 0) is 26.4 Å². The van der Waals surface area contributed by atoms with Gasteiger partial charge in [-0.3, -0.25) is 9.89 Å². The van der Waals surface area contributed by atoms with Gasteiger partial charge in [-0.25, -0.2) is 14.8 Å². The van der Waals surface area contributed by atoms with Crippen LogP contribution in [0.5, 0.6) is 0 Å². The summed E-state index contributed by atoms with van der Waals surface area (Å²) in [6.45, 7) is 8.76. The highest BCUT2D eigenvalue weighted by atomic mass is 32.3. The second-order valence-corrected chi connectivity index (χ2v) is 16.8. The second-order valence-electron chi connectivity index (χ2n) is 12.4. The minimum atomic E-state index is -1.07. The van der Waals surface area contributed by atoms with E-state index >= 15 is 0 Å². The zero-order valence-corrected chi connectivity index (χ0v) is 26.1. The number of fused-ring (bicyclic) bond motifs is 1. The Hall–Kier alpha value is -2.85. The molecule has 1 saturated carbocycles. The van der Waals surface area contributed by atoms with E-state index in [1.165, 1.54) is 0 Å². The number of anilines is 1. The third kappa shape index (κ3) is 6.54. The van der Waals surface area contributed by atoms with Gasteiger partial charge in [0.1, 0.15) is 6.29 Å². The van der Waals surface area contributed by atoms with E-state index in [1.54, 1.807) is 12.0 Å². The van der Waals surface area contributed by atoms with E-state index in [2.05, 4.69) is 39.6 Å². The molecule has 1 atom stereocenters. The van der Waals surface area contributed by atoms with Crippen LogP contribution < -0.4 is 10.6 Å². The van der Waals surface area contributed by atoms with Crippen molar-refractivity contribution in [3.8, 4) is 0 Å². The van der Waals surface area contributed by atoms with E-state index in [0.29, 0.717) is 31.3 Å². The molecule has 2 heterocycles. The number of aromatic amines is 1. The summed E-state index contributed by atoms with van der Waals surface area (Å²) in [4.78, 5) is 38.2. The Morgan fingerprint density at radius 1 is 1.18 bits per heavy atom. The van der Waals surface area contributed by atoms with E-state index in [4.69, 9.17) is 4.74 Å². The quantitative estimate of drug-likeness (QED) is 0.350. The van der Waals surface area contributed by atoms with Crippen LogP contribution in [0.3, 0.4) is 0 Å². The topological polar surface area (TPSA) is 116 Å². The van der Waals surface area contributed by atoms with Gasteiger partial charge in [-0.2, -0.15) is 5.10 Å². The third-order valence-electron chi connectivity index (χ3n) is 8.09. The molecule has 3 amide bonds. The van der Waals surface area contributed by atoms with Crippen molar-refractivity contribution in [2.24, 2.45) is 5.92 Å². The first-order chi connectivity index (χ1) is 18.8. The molecule has 10 heteroatoms. The SMILES string of the molecule is CC(C)CC=O.COCC(NC(=O)N1Cc2c(NC(=O)C3(S(C)(C)C)CCC3)n[nH]c2C1(C)C)c1ccccc1. The summed E-state index contributed by atoms with van der Waals surface area (Å²) in [5.74, 6) is 1.12. The number of nitrogens with zero attached hydrogens (tertiary/aromatic N) is 2. The first-order valence-corrected chi connectivity index (χ1v) is 16.8. The first-order valence-electron chi connectivity index (χ1n) is 13.9. The number of ether oxygens (including phenoxy) is 1. The predicted molar refractivity (Wildman–Crippen MR) is 163 cm³/mol. The zero-order chi connectivity index (χ0) is 29.7. The molecular weight excluding hydrogens is 526 g/mol. The summed E-state index contributed by atoms with van der Waals surface area (Å²) >= 11 is 0. The Kier molecular flexibility index (Phi) is 10.1. The number of rotatable bonds is 9. The molecule has 0 bridgehead atoms. The lowest BCUT2D eigenvalue weighted by atomic mass is 9.83. The number of benzene rings is 1. The lowest BCUT2D eigenvalue weighted by Crippen LogP contribution is -2.51. The summed E-state index contributed by atoms with van der Waals surface area (Å²) < 4.78 is 5.07. The minimum absolute atomic E-state index is 0.0560. The lowest BCUT2D eigenvalue weighted by Gasteiger charge is -2.53. The van der Waals surface area contributed by atoms with Gasteiger partial charge in [-0.15, -0.1) is 0 Å². The van der Waals surface area contributed by atoms with Crippen LogP contribution in [0.4, 0.5) is 10.6 Å². The van der Waals surface area contributed by atoms with E-state index in [-0.39, 0.29) is 22.7 Å². The molecule has 1 aliphatic carbocycles. The number of urea groups is 1. The third-order valence-corrected chi connectivity index (χ3v) is 11.0. The van der Waals surface area contributed by atoms with Crippen molar-refractivity contribution in [1.29, 1.82) is 0 Å². The summed E-state index contributed by atoms with van der Waals surface area (Å²) in [5.41, 5.74) is 2.10. The van der Waals surface area contributed by atoms with Crippen LogP contribution >= 0.6 is 10.0 Å². The number of aromatic nitrogens is 2. The van der Waals surface area contributed by atoms with Crippen molar-refractivity contribution in [2.75, 3.05) is 37.8 Å². The fraction of sp³-hybridized carbons (Fsp3) is 0.600. The molecule has 0 saturated heterocycles. The number of carbonyl (C=O) groups excluding carboxylic acids is 3. The van der Waals surface area contributed by atoms with Gasteiger partial charge in [0.05, 0.1) is 35.2 Å². The fourth-order valence-corrected chi connectivity index (χ4v) is 7.40. The van der Waals surface area contributed by atoms with Crippen molar-refractivity contribution in [1.82, 2.24) is 20.4 Å². The van der Waals surface area contributed by atoms with Crippen molar-refractivity contribution in [3.05, 3.63) is 47.2 Å². The van der Waals surface area contributed by atoms with Crippen molar-refractivity contribution in [2.45, 2.75) is 76.3 Å². The number of methoxy groups -OCH3 is 1. The molecular formula is C30H47N5O4S. The predicted octanol–water partition coefficient (Wildman–Crippen LogP) is 5.34. The highest BCUT2D eigenvalue weighted by molar-refractivity contribution is 8.33. The Balaban J connectivity index is 0.000000663. The number of hydrogen-bond acceptors (Lipinski definition) is 5. The van der Waals surface area contributed by atoms with Crippen molar-refractivity contribution >= 4 is 34.1 Å². The number of H-pyrrole nitrogens is 1. The standard InChI is InChI=1S/C25H37N5O3S.C5H10O/c1-24(2)20-18(21(29-28-20)27-22(31)25(13-10-14-25)34(4,5)6)15-30(24)23(32)26-19(16-33-3)17-11-8-7-9-12-17;1-5(2)3-4-6/h7-9,11-12,19H,10,13-16H2,1-6H3,(H,26,32)(H2,27,28,29,31);4-5H,3H2,1-2H3. The van der Waals surface area contributed by atoms with Crippen LogP contribution in [0.1, 0.15) is 76.2 Å². The Bertz CT molecular complexity index is 1170. The number of hydrogen-bond donors (Lipinski definition) is 3. The van der Waals surface area contributed by atoms with Gasteiger partial charge < -0.3 is 25.1 Å². The summed E-state index contributed by atoms with van der Waals surface area (Å²) in [6.07, 6.45) is 11.2. The lowest BCUT2D eigenvalue weighted by molar-refractivity contribution is -0.120. The molecule has 1 aromatic heterocycles. The van der Waals surface area contributed by atoms with Gasteiger partial charge in [-0.05, 0) is 63.4 Å². The molecule has 0 radical (unpaired) electrons. The number of aldehydes is 1. The van der Waals surface area contributed by atoms with Crippen LogP contribution in [0.2, 0.25) is 0 Å². The maximum Gasteiger partial charge on any atom is 0.319 e. The molecule has 1 aliphatic heterocycles. The maximum absolute atomic E-state index is 13.4. The van der Waals surface area contributed by atoms with Crippen LogP contribution in [0.25, 0.3) is 0 Å². The first kappa shape index (κ1) is 31.7. The average molecular weight is 574 g/mol. The van der Waals surface area contributed by atoms with Gasteiger partial charge in [0.15, 0.2) is 5.82 Å². The zero-order valence-electron chi connectivity index (χ0n) is 25.3. The molecule has 1 unspecified atom stereocenters. The molecule has 40 heavy (non-hydrogen) atoms. The molecule has 3 N–H and O–H groups in total. The Labute approximate surface area is 240 Å². The molecule has 4 rings (SSSR count). The van der Waals surface area contributed by atoms with E-state index in [9.17, 15) is 14.4 Å². The molecule has 1 fully saturated rings. The van der Waals surface area contributed by atoms with Crippen LogP contribution in [-0.4, -0.2) is 70.6 Å². The molecule has 2 aliphatic rings. The monoisotopic (exact) mass is 573 g/mol. The minimum Gasteiger partial charge on any atom is -0.382 e. The summed E-state index contributed by atoms with van der Waals surface area (Å²) in [7, 11) is 0.553. The molecule has 9 nitrogen and oxygen atoms in total. The molecule has 222 valence electrons. The summed E-state index contributed by atoms with van der Waals surface area (Å²) in [6, 6.07) is 9.35. The van der Waals surface area contributed by atoms with Gasteiger partial charge in [-0.1, -0.05) is 44.2 Å².